The van der Waals surface area contributed by atoms with Crippen LogP contribution in [0.2, 0.25) is 10.0 Å². The Morgan fingerprint density at radius 3 is 2.62 bits per heavy atom. The third kappa shape index (κ3) is 5.08. The third-order valence-corrected chi connectivity index (χ3v) is 3.03. The van der Waals surface area contributed by atoms with Crippen molar-refractivity contribution in [1.82, 2.24) is 0 Å². The van der Waals surface area contributed by atoms with Crippen LogP contribution in [-0.2, 0) is 9.57 Å². The van der Waals surface area contributed by atoms with Crippen molar-refractivity contribution >= 4 is 35.0 Å². The van der Waals surface area contributed by atoms with Crippen LogP contribution in [0.5, 0.6) is 5.75 Å². The highest BCUT2D eigenvalue weighted by atomic mass is 35.5. The van der Waals surface area contributed by atoms with E-state index in [1.165, 1.54) is 19.2 Å². The lowest BCUT2D eigenvalue weighted by molar-refractivity contribution is 0.0509. The molecule has 21 heavy (non-hydrogen) atoms. The Morgan fingerprint density at radius 2 is 2.00 bits per heavy atom. The fourth-order valence-corrected chi connectivity index (χ4v) is 1.90. The molecule has 0 aliphatic heterocycles. The number of benzene rings is 1. The van der Waals surface area contributed by atoms with Crippen molar-refractivity contribution in [2.75, 3.05) is 20.3 Å². The summed E-state index contributed by atoms with van der Waals surface area (Å²) in [7, 11) is 1.37. The summed E-state index contributed by atoms with van der Waals surface area (Å²) in [5, 5.41) is 3.91. The Balaban J connectivity index is 2.81. The van der Waals surface area contributed by atoms with Crippen LogP contribution < -0.4 is 10.5 Å². The van der Waals surface area contributed by atoms with Crippen molar-refractivity contribution in [3.05, 3.63) is 27.7 Å². The minimum absolute atomic E-state index is 0.00646. The highest BCUT2D eigenvalue weighted by Gasteiger charge is 2.21. The second-order valence-corrected chi connectivity index (χ2v) is 4.66. The van der Waals surface area contributed by atoms with Gasteiger partial charge in [-0.1, -0.05) is 28.4 Å². The van der Waals surface area contributed by atoms with Gasteiger partial charge in [-0.25, -0.2) is 4.79 Å². The van der Waals surface area contributed by atoms with E-state index in [0.717, 1.165) is 0 Å². The first-order valence-corrected chi connectivity index (χ1v) is 6.90. The van der Waals surface area contributed by atoms with Crippen LogP contribution in [-0.4, -0.2) is 32.1 Å². The molecule has 0 aliphatic rings. The molecular weight excluding hydrogens is 319 g/mol. The van der Waals surface area contributed by atoms with Crippen molar-refractivity contribution in [2.24, 2.45) is 10.9 Å². The van der Waals surface area contributed by atoms with E-state index in [4.69, 9.17) is 43.2 Å². The number of oxime groups is 1. The Kier molecular flexibility index (Phi) is 7.28. The zero-order valence-corrected chi connectivity index (χ0v) is 13.2. The quantitative estimate of drug-likeness (QED) is 0.272. The molecule has 0 heterocycles. The molecule has 2 N–H and O–H groups in total. The molecule has 0 bridgehead atoms. The number of ether oxygens (including phenoxy) is 2. The summed E-state index contributed by atoms with van der Waals surface area (Å²) >= 11 is 11.9. The molecule has 1 aromatic carbocycles. The van der Waals surface area contributed by atoms with Crippen molar-refractivity contribution < 1.29 is 19.1 Å². The van der Waals surface area contributed by atoms with Crippen molar-refractivity contribution in [3.8, 4) is 5.75 Å². The zero-order chi connectivity index (χ0) is 15.8. The number of nitrogens with zero attached hydrogens (tertiary/aromatic N) is 1. The molecule has 1 aromatic rings. The first-order chi connectivity index (χ1) is 10.0. The van der Waals surface area contributed by atoms with Gasteiger partial charge in [0.1, 0.15) is 11.4 Å². The van der Waals surface area contributed by atoms with Crippen LogP contribution in [0.15, 0.2) is 17.3 Å². The molecular formula is C13H16Cl2N2O4. The second-order valence-electron chi connectivity index (χ2n) is 3.85. The van der Waals surface area contributed by atoms with Crippen LogP contribution in [0, 0.1) is 0 Å². The van der Waals surface area contributed by atoms with Crippen molar-refractivity contribution in [1.29, 1.82) is 0 Å². The SMILES string of the molecule is CCOCC/C(N)=N/OC(=O)c1c(Cl)ccc(Cl)c1OC. The summed E-state index contributed by atoms with van der Waals surface area (Å²) in [5.74, 6) is -0.551. The first-order valence-electron chi connectivity index (χ1n) is 6.14. The van der Waals surface area contributed by atoms with Gasteiger partial charge in [0, 0.05) is 13.0 Å². The average Bonchev–Trinajstić information content (AvgIpc) is 2.47. The number of carbonyl (C=O) groups is 1. The number of hydrogen-bond donors (Lipinski definition) is 1. The van der Waals surface area contributed by atoms with E-state index in [9.17, 15) is 4.79 Å². The summed E-state index contributed by atoms with van der Waals surface area (Å²) in [4.78, 5) is 16.7. The number of amidine groups is 1. The van der Waals surface area contributed by atoms with E-state index >= 15 is 0 Å². The summed E-state index contributed by atoms with van der Waals surface area (Å²) in [6.45, 7) is 2.83. The highest BCUT2D eigenvalue weighted by Crippen LogP contribution is 2.34. The molecule has 116 valence electrons. The lowest BCUT2D eigenvalue weighted by Crippen LogP contribution is -2.16. The fraction of sp³-hybridized carbons (Fsp3) is 0.385. The van der Waals surface area contributed by atoms with Gasteiger partial charge in [-0.2, -0.15) is 0 Å². The van der Waals surface area contributed by atoms with Gasteiger partial charge < -0.3 is 20.0 Å². The van der Waals surface area contributed by atoms with Crippen molar-refractivity contribution in [2.45, 2.75) is 13.3 Å². The number of methoxy groups -OCH3 is 1. The van der Waals surface area contributed by atoms with E-state index in [1.54, 1.807) is 0 Å². The van der Waals surface area contributed by atoms with Gasteiger partial charge in [0.25, 0.3) is 0 Å². The highest BCUT2D eigenvalue weighted by molar-refractivity contribution is 6.37. The predicted octanol–water partition coefficient (Wildman–Crippen LogP) is 2.86. The van der Waals surface area contributed by atoms with Crippen LogP contribution in [0.4, 0.5) is 0 Å². The molecule has 0 fully saturated rings. The largest absolute Gasteiger partial charge is 0.494 e. The minimum atomic E-state index is -0.807. The first kappa shape index (κ1) is 17.6. The van der Waals surface area contributed by atoms with E-state index in [-0.39, 0.29) is 27.2 Å². The standard InChI is InChI=1S/C13H16Cl2N2O4/c1-3-20-7-6-10(16)17-21-13(18)11-8(14)4-5-9(15)12(11)19-2/h4-5H,3,6-7H2,1-2H3,(H2,16,17). The number of carbonyl (C=O) groups excluding carboxylic acids is 1. The average molecular weight is 335 g/mol. The predicted molar refractivity (Wildman–Crippen MR) is 81.2 cm³/mol. The zero-order valence-electron chi connectivity index (χ0n) is 11.7. The van der Waals surface area contributed by atoms with Gasteiger partial charge in [-0.3, -0.25) is 0 Å². The van der Waals surface area contributed by atoms with Gasteiger partial charge in [0.05, 0.1) is 23.8 Å². The van der Waals surface area contributed by atoms with Crippen LogP contribution in [0.25, 0.3) is 0 Å². The summed E-state index contributed by atoms with van der Waals surface area (Å²) in [6, 6.07) is 2.98. The van der Waals surface area contributed by atoms with Gasteiger partial charge in [-0.15, -0.1) is 0 Å². The molecule has 0 atom stereocenters. The van der Waals surface area contributed by atoms with Gasteiger partial charge in [-0.05, 0) is 19.1 Å². The van der Waals surface area contributed by atoms with E-state index < -0.39 is 5.97 Å². The molecule has 8 heteroatoms. The van der Waals surface area contributed by atoms with Crippen LogP contribution in [0.1, 0.15) is 23.7 Å². The molecule has 1 rings (SSSR count). The number of nitrogens with two attached hydrogens (primary N) is 1. The molecule has 0 radical (unpaired) electrons. The third-order valence-electron chi connectivity index (χ3n) is 2.42. The number of halogens is 2. The molecule has 0 amide bonds. The van der Waals surface area contributed by atoms with Gasteiger partial charge in [0.2, 0.25) is 0 Å². The molecule has 0 aliphatic carbocycles. The summed E-state index contributed by atoms with van der Waals surface area (Å²) in [5.41, 5.74) is 5.58. The maximum Gasteiger partial charge on any atom is 0.371 e. The lowest BCUT2D eigenvalue weighted by atomic mass is 10.2. The van der Waals surface area contributed by atoms with E-state index in [2.05, 4.69) is 5.16 Å². The molecule has 6 nitrogen and oxygen atoms in total. The number of rotatable bonds is 7. The van der Waals surface area contributed by atoms with E-state index in [1.807, 2.05) is 6.92 Å². The number of hydrogen-bond acceptors (Lipinski definition) is 5. The van der Waals surface area contributed by atoms with E-state index in [0.29, 0.717) is 19.6 Å². The summed E-state index contributed by atoms with van der Waals surface area (Å²) < 4.78 is 10.2. The summed E-state index contributed by atoms with van der Waals surface area (Å²) in [6.07, 6.45) is 0.349. The molecule has 0 unspecified atom stereocenters. The van der Waals surface area contributed by atoms with Crippen molar-refractivity contribution in [3.63, 3.8) is 0 Å². The smallest absolute Gasteiger partial charge is 0.371 e. The lowest BCUT2D eigenvalue weighted by Gasteiger charge is -2.09. The van der Waals surface area contributed by atoms with Gasteiger partial charge >= 0.3 is 5.97 Å². The normalized spacial score (nSPS) is 11.3. The van der Waals surface area contributed by atoms with Crippen LogP contribution in [0.3, 0.4) is 0 Å². The fourth-order valence-electron chi connectivity index (χ4n) is 1.44. The molecule has 0 spiro atoms. The van der Waals surface area contributed by atoms with Gasteiger partial charge in [0.15, 0.2) is 5.75 Å². The molecule has 0 saturated heterocycles. The minimum Gasteiger partial charge on any atom is -0.494 e. The Hall–Kier alpha value is -1.50. The Bertz CT molecular complexity index is 535. The Morgan fingerprint density at radius 1 is 1.33 bits per heavy atom. The Labute approximate surface area is 132 Å². The second kappa shape index (κ2) is 8.71. The van der Waals surface area contributed by atoms with Crippen LogP contribution >= 0.6 is 23.2 Å². The maximum absolute atomic E-state index is 12.0. The topological polar surface area (TPSA) is 83.1 Å². The maximum atomic E-state index is 12.0. The monoisotopic (exact) mass is 334 g/mol. The molecule has 0 saturated carbocycles. The molecule has 0 aromatic heterocycles.